The standard InChI is InChI=1S/C29H33NO6S/c1-6-8-19-15-25-23(13-17(19)5)26(20-10-9-18(16(3)4)14-22(20)29(31)32)21-11-12-24(30-7-2)28(27(21)36-25)37(33,34)35/h9-16,21,26H,6-8H2,1-5H3,(H,31,32)(H,33,34,35). The second kappa shape index (κ2) is 10.3. The number of nitrogens with zero attached hydrogens (tertiary/aromatic N) is 1. The van der Waals surface area contributed by atoms with Gasteiger partial charge in [-0.3, -0.25) is 9.55 Å². The van der Waals surface area contributed by atoms with Crippen molar-refractivity contribution in [1.82, 2.24) is 0 Å². The molecular formula is C29H33NO6S. The van der Waals surface area contributed by atoms with E-state index in [1.165, 1.54) is 0 Å². The average molecular weight is 524 g/mol. The zero-order valence-corrected chi connectivity index (χ0v) is 22.6. The lowest BCUT2D eigenvalue weighted by Crippen LogP contribution is -2.32. The first kappa shape index (κ1) is 26.8. The lowest BCUT2D eigenvalue weighted by molar-refractivity contribution is 0.0694. The van der Waals surface area contributed by atoms with Gasteiger partial charge >= 0.3 is 5.97 Å². The number of hydrogen-bond acceptors (Lipinski definition) is 5. The van der Waals surface area contributed by atoms with Gasteiger partial charge in [0.05, 0.1) is 11.3 Å². The molecule has 1 heterocycles. The minimum Gasteiger partial charge on any atom is -0.478 e. The van der Waals surface area contributed by atoms with Gasteiger partial charge in [0.1, 0.15) is 11.5 Å². The van der Waals surface area contributed by atoms with E-state index < -0.39 is 27.9 Å². The molecule has 2 aliphatic rings. The highest BCUT2D eigenvalue weighted by Crippen LogP contribution is 2.50. The molecule has 37 heavy (non-hydrogen) atoms. The Hall–Kier alpha value is -3.23. The molecule has 8 heteroatoms. The maximum Gasteiger partial charge on any atom is 0.335 e. The van der Waals surface area contributed by atoms with E-state index in [0.717, 1.165) is 35.1 Å². The van der Waals surface area contributed by atoms with Crippen LogP contribution in [0, 0.1) is 12.8 Å². The molecular weight excluding hydrogens is 490 g/mol. The number of allylic oxidation sites excluding steroid dienone is 3. The number of aromatic carboxylic acids is 1. The highest BCUT2D eigenvalue weighted by Gasteiger charge is 2.43. The van der Waals surface area contributed by atoms with Gasteiger partial charge in [-0.1, -0.05) is 51.5 Å². The largest absolute Gasteiger partial charge is 0.478 e. The zero-order chi connectivity index (χ0) is 27.1. The predicted molar refractivity (Wildman–Crippen MR) is 144 cm³/mol. The molecule has 0 aromatic heterocycles. The lowest BCUT2D eigenvalue weighted by atomic mass is 9.73. The third kappa shape index (κ3) is 5.00. The Morgan fingerprint density at radius 2 is 1.86 bits per heavy atom. The number of fused-ring (bicyclic) bond motifs is 2. The summed E-state index contributed by atoms with van der Waals surface area (Å²) in [6, 6.07) is 9.36. The van der Waals surface area contributed by atoms with Crippen LogP contribution in [0.4, 0.5) is 0 Å². The van der Waals surface area contributed by atoms with Crippen LogP contribution >= 0.6 is 0 Å². The first-order chi connectivity index (χ1) is 17.5. The van der Waals surface area contributed by atoms with E-state index >= 15 is 0 Å². The van der Waals surface area contributed by atoms with Gasteiger partial charge in [-0.05, 0) is 66.6 Å². The van der Waals surface area contributed by atoms with Crippen LogP contribution in [-0.4, -0.2) is 36.3 Å². The van der Waals surface area contributed by atoms with Crippen LogP contribution in [0.15, 0.2) is 58.1 Å². The molecule has 0 bridgehead atoms. The van der Waals surface area contributed by atoms with Crippen molar-refractivity contribution in [1.29, 1.82) is 0 Å². The van der Waals surface area contributed by atoms with Crippen LogP contribution in [-0.2, 0) is 16.5 Å². The number of carboxylic acid groups (broad SMARTS) is 1. The van der Waals surface area contributed by atoms with Gasteiger partial charge in [0, 0.05) is 23.9 Å². The number of aryl methyl sites for hydroxylation is 2. The Morgan fingerprint density at radius 1 is 1.14 bits per heavy atom. The molecule has 2 aromatic carbocycles. The number of benzene rings is 2. The van der Waals surface area contributed by atoms with Gasteiger partial charge in [0.25, 0.3) is 10.1 Å². The summed E-state index contributed by atoms with van der Waals surface area (Å²) in [6.45, 7) is 10.2. The molecule has 0 saturated carbocycles. The summed E-state index contributed by atoms with van der Waals surface area (Å²) in [6.07, 6.45) is 5.10. The molecule has 2 N–H and O–H groups in total. The van der Waals surface area contributed by atoms with Crippen LogP contribution in [0.25, 0.3) is 0 Å². The topological polar surface area (TPSA) is 113 Å². The summed E-state index contributed by atoms with van der Waals surface area (Å²) in [5.41, 5.74) is 4.63. The molecule has 0 radical (unpaired) electrons. The van der Waals surface area contributed by atoms with Gasteiger partial charge in [-0.15, -0.1) is 0 Å². The molecule has 2 unspecified atom stereocenters. The number of carbonyl (C=O) groups is 1. The van der Waals surface area contributed by atoms with Crippen molar-refractivity contribution in [2.75, 3.05) is 6.54 Å². The van der Waals surface area contributed by atoms with E-state index in [1.54, 1.807) is 25.1 Å². The average Bonchev–Trinajstić information content (AvgIpc) is 2.82. The van der Waals surface area contributed by atoms with Crippen LogP contribution < -0.4 is 4.74 Å². The lowest BCUT2D eigenvalue weighted by Gasteiger charge is -2.38. The molecule has 1 aliphatic heterocycles. The minimum absolute atomic E-state index is 0.0604. The van der Waals surface area contributed by atoms with Gasteiger partial charge < -0.3 is 9.84 Å². The van der Waals surface area contributed by atoms with E-state index in [-0.39, 0.29) is 27.9 Å². The van der Waals surface area contributed by atoms with Crippen molar-refractivity contribution in [2.45, 2.75) is 59.3 Å². The van der Waals surface area contributed by atoms with Crippen molar-refractivity contribution in [3.05, 3.63) is 86.5 Å². The van der Waals surface area contributed by atoms with E-state index in [1.807, 2.05) is 45.0 Å². The maximum atomic E-state index is 12.6. The molecule has 2 aromatic rings. The quantitative estimate of drug-likeness (QED) is 0.428. The Labute approximate surface area is 218 Å². The normalized spacial score (nSPS) is 20.1. The van der Waals surface area contributed by atoms with Crippen molar-refractivity contribution in [3.8, 4) is 5.75 Å². The summed E-state index contributed by atoms with van der Waals surface area (Å²) in [5.74, 6) is -1.60. The summed E-state index contributed by atoms with van der Waals surface area (Å²) >= 11 is 0. The fraction of sp³-hybridized carbons (Fsp3) is 0.379. The SMILES string of the molecule is CCCc1cc2c(cc1C)C(c1ccc(C(C)C)cc1C(=O)O)C1C=CC(=NCC)C(S(=O)(=O)O)=C1O2. The van der Waals surface area contributed by atoms with Crippen LogP contribution in [0.2, 0.25) is 0 Å². The van der Waals surface area contributed by atoms with Crippen LogP contribution in [0.3, 0.4) is 0 Å². The number of carboxylic acids is 1. The Morgan fingerprint density at radius 3 is 2.46 bits per heavy atom. The number of hydrogen-bond donors (Lipinski definition) is 2. The zero-order valence-electron chi connectivity index (χ0n) is 21.8. The summed E-state index contributed by atoms with van der Waals surface area (Å²) < 4.78 is 41.7. The number of aliphatic imine (C=N–C) groups is 1. The van der Waals surface area contributed by atoms with E-state index in [4.69, 9.17) is 4.74 Å². The minimum atomic E-state index is -4.69. The molecule has 4 rings (SSSR count). The molecule has 1 aliphatic carbocycles. The third-order valence-electron chi connectivity index (χ3n) is 7.02. The number of rotatable bonds is 7. The Balaban J connectivity index is 2.07. The second-order valence-electron chi connectivity index (χ2n) is 9.87. The molecule has 196 valence electrons. The molecule has 7 nitrogen and oxygen atoms in total. The fourth-order valence-electron chi connectivity index (χ4n) is 5.25. The third-order valence-corrected chi connectivity index (χ3v) is 7.94. The van der Waals surface area contributed by atoms with E-state index in [9.17, 15) is 22.9 Å². The highest BCUT2D eigenvalue weighted by molar-refractivity contribution is 7.91. The van der Waals surface area contributed by atoms with Gasteiger partial charge in [-0.25, -0.2) is 4.79 Å². The summed E-state index contributed by atoms with van der Waals surface area (Å²) in [4.78, 5) is 16.4. The highest BCUT2D eigenvalue weighted by atomic mass is 32.2. The van der Waals surface area contributed by atoms with E-state index in [2.05, 4.69) is 11.9 Å². The Kier molecular flexibility index (Phi) is 7.44. The van der Waals surface area contributed by atoms with E-state index in [0.29, 0.717) is 17.9 Å². The predicted octanol–water partition coefficient (Wildman–Crippen LogP) is 6.04. The first-order valence-electron chi connectivity index (χ1n) is 12.6. The second-order valence-corrected chi connectivity index (χ2v) is 11.2. The molecule has 0 saturated heterocycles. The molecule has 2 atom stereocenters. The van der Waals surface area contributed by atoms with Gasteiger partial charge in [0.15, 0.2) is 4.91 Å². The smallest absolute Gasteiger partial charge is 0.335 e. The van der Waals surface area contributed by atoms with Crippen LogP contribution in [0.5, 0.6) is 5.75 Å². The summed E-state index contributed by atoms with van der Waals surface area (Å²) in [7, 11) is -4.69. The first-order valence-corrected chi connectivity index (χ1v) is 14.0. The monoisotopic (exact) mass is 523 g/mol. The van der Waals surface area contributed by atoms with Crippen molar-refractivity contribution in [2.24, 2.45) is 10.9 Å². The van der Waals surface area contributed by atoms with Gasteiger partial charge in [-0.2, -0.15) is 8.42 Å². The van der Waals surface area contributed by atoms with Crippen molar-refractivity contribution < 1.29 is 27.6 Å². The Bertz CT molecular complexity index is 1450. The molecule has 0 spiro atoms. The van der Waals surface area contributed by atoms with Crippen LogP contribution in [0.1, 0.15) is 84.1 Å². The maximum absolute atomic E-state index is 12.6. The molecule has 0 amide bonds. The van der Waals surface area contributed by atoms with Gasteiger partial charge in [0.2, 0.25) is 0 Å². The van der Waals surface area contributed by atoms with Crippen molar-refractivity contribution >= 4 is 21.8 Å². The fourth-order valence-corrected chi connectivity index (χ4v) is 6.08. The van der Waals surface area contributed by atoms with Crippen molar-refractivity contribution in [3.63, 3.8) is 0 Å². The molecule has 0 fully saturated rings. The summed E-state index contributed by atoms with van der Waals surface area (Å²) in [5, 5.41) is 10.2. The number of ether oxygens (including phenoxy) is 1.